The normalized spacial score (nSPS) is 11.9. The second-order valence-electron chi connectivity index (χ2n) is 16.8. The molecule has 57 heavy (non-hydrogen) atoms. The van der Waals surface area contributed by atoms with E-state index in [0.717, 1.165) is 5.69 Å². The molecule has 9 aromatic carbocycles. The predicted molar refractivity (Wildman–Crippen MR) is 245 cm³/mol. The lowest BCUT2D eigenvalue weighted by atomic mass is 9.77. The molecule has 1 heteroatoms. The van der Waals surface area contributed by atoms with Crippen molar-refractivity contribution in [3.63, 3.8) is 0 Å². The quantitative estimate of drug-likeness (QED) is 0.165. The smallest absolute Gasteiger partial charge is 0.0497 e. The summed E-state index contributed by atoms with van der Waals surface area (Å²) < 4.78 is 0. The van der Waals surface area contributed by atoms with Crippen LogP contribution in [0.3, 0.4) is 0 Å². The maximum Gasteiger partial charge on any atom is 0.0497 e. The van der Waals surface area contributed by atoms with Gasteiger partial charge in [0.25, 0.3) is 0 Å². The van der Waals surface area contributed by atoms with E-state index >= 15 is 0 Å². The van der Waals surface area contributed by atoms with Gasteiger partial charge in [0.2, 0.25) is 0 Å². The van der Waals surface area contributed by atoms with Crippen molar-refractivity contribution >= 4 is 38.6 Å². The van der Waals surface area contributed by atoms with E-state index in [0.29, 0.717) is 0 Å². The summed E-state index contributed by atoms with van der Waals surface area (Å²) in [5.74, 6) is 0. The van der Waals surface area contributed by atoms with Crippen molar-refractivity contribution in [2.45, 2.75) is 40.0 Å². The number of benzene rings is 9. The van der Waals surface area contributed by atoms with Gasteiger partial charge in [0.15, 0.2) is 0 Å². The molecular formula is C56H45N. The number of rotatable bonds is 6. The Hall–Kier alpha value is -6.70. The van der Waals surface area contributed by atoms with E-state index in [1.807, 2.05) is 0 Å². The van der Waals surface area contributed by atoms with Gasteiger partial charge in [0, 0.05) is 17.1 Å². The van der Waals surface area contributed by atoms with Crippen LogP contribution in [0.5, 0.6) is 0 Å². The van der Waals surface area contributed by atoms with Crippen molar-refractivity contribution in [1.82, 2.24) is 0 Å². The minimum atomic E-state index is 0.143. The first-order valence-corrected chi connectivity index (χ1v) is 20.1. The van der Waals surface area contributed by atoms with Crippen LogP contribution >= 0.6 is 0 Å². The van der Waals surface area contributed by atoms with E-state index in [1.165, 1.54) is 105 Å². The monoisotopic (exact) mass is 731 g/mol. The van der Waals surface area contributed by atoms with E-state index < -0.39 is 0 Å². The van der Waals surface area contributed by atoms with Crippen molar-refractivity contribution in [3.05, 3.63) is 199 Å². The Morgan fingerprint density at radius 2 is 0.737 bits per heavy atom. The summed E-state index contributed by atoms with van der Waals surface area (Å²) in [5.41, 5.74) is 20.1. The van der Waals surface area contributed by atoms with Gasteiger partial charge in [-0.25, -0.2) is 0 Å². The molecule has 0 fully saturated rings. The third kappa shape index (κ3) is 6.21. The zero-order valence-electron chi connectivity index (χ0n) is 33.3. The molecule has 9 aromatic rings. The third-order valence-corrected chi connectivity index (χ3v) is 12.0. The maximum atomic E-state index is 2.47. The van der Waals surface area contributed by atoms with Gasteiger partial charge in [-0.3, -0.25) is 0 Å². The molecule has 0 heterocycles. The number of nitrogens with zero attached hydrogens (tertiary/aromatic N) is 1. The molecule has 0 radical (unpaired) electrons. The highest BCUT2D eigenvalue weighted by Crippen LogP contribution is 2.51. The lowest BCUT2D eigenvalue weighted by Gasteiger charge is -2.30. The molecule has 274 valence electrons. The van der Waals surface area contributed by atoms with Gasteiger partial charge < -0.3 is 4.90 Å². The van der Waals surface area contributed by atoms with Crippen LogP contribution < -0.4 is 4.90 Å². The molecule has 0 aromatic heterocycles. The van der Waals surface area contributed by atoms with Crippen LogP contribution in [0, 0.1) is 13.8 Å². The van der Waals surface area contributed by atoms with Gasteiger partial charge in [0.05, 0.1) is 0 Å². The molecule has 0 bridgehead atoms. The molecule has 0 N–H and O–H groups in total. The molecule has 10 rings (SSSR count). The molecule has 0 amide bonds. The summed E-state index contributed by atoms with van der Waals surface area (Å²) in [6.45, 7) is 11.3. The zero-order chi connectivity index (χ0) is 38.8. The lowest BCUT2D eigenvalue weighted by Crippen LogP contribution is -2.13. The molecule has 0 unspecified atom stereocenters. The van der Waals surface area contributed by atoms with Crippen LogP contribution in [0.1, 0.15) is 37.5 Å². The number of fused-ring (bicyclic) bond motifs is 6. The van der Waals surface area contributed by atoms with E-state index in [9.17, 15) is 0 Å². The van der Waals surface area contributed by atoms with E-state index in [4.69, 9.17) is 0 Å². The van der Waals surface area contributed by atoms with Crippen molar-refractivity contribution < 1.29 is 0 Å². The summed E-state index contributed by atoms with van der Waals surface area (Å²) in [6.07, 6.45) is 0. The maximum absolute atomic E-state index is 2.47. The first-order chi connectivity index (χ1) is 27.7. The van der Waals surface area contributed by atoms with Gasteiger partial charge in [-0.15, -0.1) is 0 Å². The Balaban J connectivity index is 1.07. The fourth-order valence-electron chi connectivity index (χ4n) is 8.62. The molecular weight excluding hydrogens is 687 g/mol. The van der Waals surface area contributed by atoms with Gasteiger partial charge in [0.1, 0.15) is 0 Å². The highest BCUT2D eigenvalue weighted by atomic mass is 15.1. The molecule has 0 aliphatic heterocycles. The summed E-state index contributed by atoms with van der Waals surface area (Å²) in [7, 11) is 0. The fraction of sp³-hybridized carbons (Fsp3) is 0.107. The Morgan fingerprint density at radius 3 is 1.25 bits per heavy atom. The zero-order valence-corrected chi connectivity index (χ0v) is 33.3. The van der Waals surface area contributed by atoms with Crippen LogP contribution in [0.15, 0.2) is 182 Å². The largest absolute Gasteiger partial charge is 0.310 e. The first-order valence-electron chi connectivity index (χ1n) is 20.1. The van der Waals surface area contributed by atoms with E-state index in [2.05, 4.69) is 222 Å². The summed E-state index contributed by atoms with van der Waals surface area (Å²) in [4.78, 5) is 2.47. The molecule has 0 saturated heterocycles. The molecule has 1 nitrogen and oxygen atoms in total. The van der Waals surface area contributed by atoms with Gasteiger partial charge >= 0.3 is 0 Å². The minimum Gasteiger partial charge on any atom is -0.310 e. The predicted octanol–water partition coefficient (Wildman–Crippen LogP) is 16.0. The summed E-state index contributed by atoms with van der Waals surface area (Å²) in [6, 6.07) is 67.7. The fourth-order valence-corrected chi connectivity index (χ4v) is 8.62. The highest BCUT2D eigenvalue weighted by Gasteiger charge is 2.25. The minimum absolute atomic E-state index is 0.143. The van der Waals surface area contributed by atoms with Crippen molar-refractivity contribution in [1.29, 1.82) is 0 Å². The topological polar surface area (TPSA) is 3.24 Å². The lowest BCUT2D eigenvalue weighted by molar-refractivity contribution is 0.590. The second-order valence-corrected chi connectivity index (χ2v) is 16.8. The van der Waals surface area contributed by atoms with Crippen molar-refractivity contribution in [2.75, 3.05) is 4.90 Å². The highest BCUT2D eigenvalue weighted by molar-refractivity contribution is 6.12. The Bertz CT molecular complexity index is 2890. The van der Waals surface area contributed by atoms with Crippen LogP contribution in [0.2, 0.25) is 0 Å². The third-order valence-electron chi connectivity index (χ3n) is 12.0. The van der Waals surface area contributed by atoms with E-state index in [1.54, 1.807) is 0 Å². The Morgan fingerprint density at radius 1 is 0.333 bits per heavy atom. The SMILES string of the molecule is Cc1ccc(-c2ccccc2)cc1N(c1ccc2cc3c(cc2c1)-c1cc2ccc(-c4ccc(C(C)(C)C)cc4)cc2cc1-3)c1cc(-c2ccccc2)ccc1C. The van der Waals surface area contributed by atoms with Crippen molar-refractivity contribution in [3.8, 4) is 55.6 Å². The second kappa shape index (κ2) is 13.5. The number of aryl methyl sites for hydroxylation is 2. The van der Waals surface area contributed by atoms with Crippen LogP contribution in [0.4, 0.5) is 17.1 Å². The average molecular weight is 732 g/mol. The van der Waals surface area contributed by atoms with Crippen LogP contribution in [-0.2, 0) is 5.41 Å². The molecule has 1 aliphatic rings. The van der Waals surface area contributed by atoms with Gasteiger partial charge in [-0.1, -0.05) is 148 Å². The molecule has 0 spiro atoms. The molecule has 1 aliphatic carbocycles. The number of hydrogen-bond donors (Lipinski definition) is 0. The van der Waals surface area contributed by atoms with Crippen LogP contribution in [-0.4, -0.2) is 0 Å². The Labute approximate surface area is 336 Å². The standard InChI is InChI=1S/C56H45N/c1-36-16-18-44(38-12-8-6-9-13-38)34-54(36)57(55-35-45(19-17-37(55)2)39-14-10-7-11-15-39)49-27-24-43-31-51-52-32-46-28-41(40-22-25-48(26-23-40)56(3,4)5)20-21-42(46)30-50(52)53(51)33-47(43)29-49/h6-35H,1-5H3. The first kappa shape index (κ1) is 34.8. The molecule has 0 atom stereocenters. The number of hydrogen-bond acceptors (Lipinski definition) is 1. The average Bonchev–Trinajstić information content (AvgIpc) is 3.24. The Kier molecular flexibility index (Phi) is 8.23. The summed E-state index contributed by atoms with van der Waals surface area (Å²) in [5, 5.41) is 5.05. The van der Waals surface area contributed by atoms with Crippen molar-refractivity contribution in [2.24, 2.45) is 0 Å². The number of anilines is 3. The van der Waals surface area contributed by atoms with Gasteiger partial charge in [-0.2, -0.15) is 0 Å². The molecule has 0 saturated carbocycles. The van der Waals surface area contributed by atoms with E-state index in [-0.39, 0.29) is 5.41 Å². The summed E-state index contributed by atoms with van der Waals surface area (Å²) >= 11 is 0. The van der Waals surface area contributed by atoms with Crippen LogP contribution in [0.25, 0.3) is 77.2 Å². The van der Waals surface area contributed by atoms with Gasteiger partial charge in [-0.05, 0) is 168 Å².